The Kier molecular flexibility index (Phi) is 5.84. The van der Waals surface area contributed by atoms with Crippen molar-refractivity contribution in [2.75, 3.05) is 33.3 Å². The van der Waals surface area contributed by atoms with Gasteiger partial charge in [0.05, 0.1) is 18.7 Å². The highest BCUT2D eigenvalue weighted by Crippen LogP contribution is 2.35. The molecule has 1 fully saturated rings. The van der Waals surface area contributed by atoms with Gasteiger partial charge in [-0.2, -0.15) is 13.2 Å². The van der Waals surface area contributed by atoms with Gasteiger partial charge in [-0.3, -0.25) is 4.90 Å². The molecule has 1 N–H and O–H groups in total. The van der Waals surface area contributed by atoms with Gasteiger partial charge in [-0.05, 0) is 48.4 Å². The molecule has 1 atom stereocenters. The number of hydrogen-bond donors (Lipinski definition) is 1. The minimum atomic E-state index is -4.35. The van der Waals surface area contributed by atoms with Crippen LogP contribution in [-0.2, 0) is 6.18 Å². The predicted molar refractivity (Wildman–Crippen MR) is 95.3 cm³/mol. The maximum absolute atomic E-state index is 13.2. The molecule has 1 unspecified atom stereocenters. The molecular weight excluding hydrogens is 341 g/mol. The Balaban J connectivity index is 2.01. The number of benzene rings is 2. The minimum absolute atomic E-state index is 0.219. The van der Waals surface area contributed by atoms with Gasteiger partial charge in [0, 0.05) is 19.6 Å². The Morgan fingerprint density at radius 1 is 1.00 bits per heavy atom. The minimum Gasteiger partial charge on any atom is -0.497 e. The van der Waals surface area contributed by atoms with E-state index >= 15 is 0 Å². The van der Waals surface area contributed by atoms with Crippen LogP contribution in [0.1, 0.15) is 29.2 Å². The van der Waals surface area contributed by atoms with Crippen LogP contribution in [0, 0.1) is 0 Å². The Bertz CT molecular complexity index is 708. The summed E-state index contributed by atoms with van der Waals surface area (Å²) in [6, 6.07) is 13.0. The quantitative estimate of drug-likeness (QED) is 0.884. The van der Waals surface area contributed by atoms with Crippen LogP contribution in [0.2, 0.25) is 0 Å². The number of hydrogen-bond acceptors (Lipinski definition) is 3. The molecule has 0 saturated carbocycles. The van der Waals surface area contributed by atoms with Gasteiger partial charge in [0.2, 0.25) is 0 Å². The zero-order valence-corrected chi connectivity index (χ0v) is 14.7. The molecule has 0 aromatic heterocycles. The van der Waals surface area contributed by atoms with Gasteiger partial charge in [-0.1, -0.05) is 24.3 Å². The van der Waals surface area contributed by atoms with E-state index in [9.17, 15) is 13.2 Å². The Morgan fingerprint density at radius 2 is 1.77 bits per heavy atom. The summed E-state index contributed by atoms with van der Waals surface area (Å²) in [5, 5.41) is 3.35. The van der Waals surface area contributed by atoms with Crippen LogP contribution in [0.15, 0.2) is 48.5 Å². The van der Waals surface area contributed by atoms with E-state index in [-0.39, 0.29) is 6.04 Å². The van der Waals surface area contributed by atoms with Crippen molar-refractivity contribution in [3.8, 4) is 5.75 Å². The van der Waals surface area contributed by atoms with Crippen LogP contribution in [0.3, 0.4) is 0 Å². The summed E-state index contributed by atoms with van der Waals surface area (Å²) in [4.78, 5) is 2.25. The van der Waals surface area contributed by atoms with Crippen LogP contribution in [0.4, 0.5) is 13.2 Å². The zero-order chi connectivity index (χ0) is 18.6. The number of halogens is 3. The highest BCUT2D eigenvalue weighted by atomic mass is 19.4. The van der Waals surface area contributed by atoms with E-state index in [0.29, 0.717) is 5.56 Å². The van der Waals surface area contributed by atoms with Crippen LogP contribution in [0.25, 0.3) is 0 Å². The smallest absolute Gasteiger partial charge is 0.416 e. The van der Waals surface area contributed by atoms with Gasteiger partial charge < -0.3 is 10.1 Å². The number of nitrogens with one attached hydrogen (secondary N) is 1. The Hall–Kier alpha value is -2.05. The van der Waals surface area contributed by atoms with Gasteiger partial charge in [0.1, 0.15) is 5.75 Å². The van der Waals surface area contributed by atoms with E-state index in [2.05, 4.69) is 10.2 Å². The van der Waals surface area contributed by atoms with E-state index in [4.69, 9.17) is 4.74 Å². The average molecular weight is 364 g/mol. The first-order chi connectivity index (χ1) is 12.5. The van der Waals surface area contributed by atoms with E-state index in [1.807, 2.05) is 24.3 Å². The predicted octanol–water partition coefficient (Wildman–Crippen LogP) is 4.10. The number of alkyl halides is 3. The third kappa shape index (κ3) is 4.37. The third-order valence-electron chi connectivity index (χ3n) is 4.70. The summed E-state index contributed by atoms with van der Waals surface area (Å²) in [6.45, 7) is 3.37. The molecule has 2 aromatic carbocycles. The fourth-order valence-corrected chi connectivity index (χ4v) is 3.41. The molecule has 0 amide bonds. The molecule has 2 aromatic rings. The van der Waals surface area contributed by atoms with E-state index in [0.717, 1.165) is 50.0 Å². The number of methoxy groups -OCH3 is 1. The first-order valence-electron chi connectivity index (χ1n) is 8.75. The van der Waals surface area contributed by atoms with Gasteiger partial charge in [-0.25, -0.2) is 0 Å². The SMILES string of the molecule is COc1ccc(C(c2cccc(C(F)(F)F)c2)N2CCCNCC2)cc1. The average Bonchev–Trinajstić information content (AvgIpc) is 2.91. The van der Waals surface area contributed by atoms with Crippen molar-refractivity contribution in [1.29, 1.82) is 0 Å². The lowest BCUT2D eigenvalue weighted by atomic mass is 9.95. The first kappa shape index (κ1) is 18.7. The second-order valence-corrected chi connectivity index (χ2v) is 6.44. The fraction of sp³-hybridized carbons (Fsp3) is 0.400. The van der Waals surface area contributed by atoms with Crippen LogP contribution in [0.5, 0.6) is 5.75 Å². The molecule has 0 aliphatic carbocycles. The molecule has 1 aliphatic rings. The second-order valence-electron chi connectivity index (χ2n) is 6.44. The lowest BCUT2D eigenvalue weighted by molar-refractivity contribution is -0.137. The lowest BCUT2D eigenvalue weighted by Gasteiger charge is -2.31. The monoisotopic (exact) mass is 364 g/mol. The van der Waals surface area contributed by atoms with Crippen molar-refractivity contribution in [3.63, 3.8) is 0 Å². The van der Waals surface area contributed by atoms with Crippen LogP contribution >= 0.6 is 0 Å². The summed E-state index contributed by atoms with van der Waals surface area (Å²) in [7, 11) is 1.60. The van der Waals surface area contributed by atoms with Crippen molar-refractivity contribution < 1.29 is 17.9 Å². The van der Waals surface area contributed by atoms with Gasteiger partial charge in [-0.15, -0.1) is 0 Å². The standard InChI is InChI=1S/C20H23F3N2O/c1-26-18-8-6-15(7-9-18)19(25-12-3-10-24-11-13-25)16-4-2-5-17(14-16)20(21,22)23/h2,4-9,14,19,24H,3,10-13H2,1H3. The molecule has 3 nitrogen and oxygen atoms in total. The largest absolute Gasteiger partial charge is 0.497 e. The molecule has 0 radical (unpaired) electrons. The molecule has 6 heteroatoms. The molecule has 140 valence electrons. The number of nitrogens with zero attached hydrogens (tertiary/aromatic N) is 1. The van der Waals surface area contributed by atoms with Crippen molar-refractivity contribution in [2.24, 2.45) is 0 Å². The topological polar surface area (TPSA) is 24.5 Å². The summed E-state index contributed by atoms with van der Waals surface area (Å²) < 4.78 is 44.8. The van der Waals surface area contributed by atoms with E-state index < -0.39 is 11.7 Å². The number of ether oxygens (including phenoxy) is 1. The first-order valence-corrected chi connectivity index (χ1v) is 8.75. The number of rotatable bonds is 4. The van der Waals surface area contributed by atoms with Gasteiger partial charge in [0.15, 0.2) is 0 Å². The van der Waals surface area contributed by atoms with E-state index in [1.165, 1.54) is 12.1 Å². The normalized spacial score (nSPS) is 17.5. The van der Waals surface area contributed by atoms with Crippen LogP contribution in [-0.4, -0.2) is 38.2 Å². The lowest BCUT2D eigenvalue weighted by Crippen LogP contribution is -2.33. The Morgan fingerprint density at radius 3 is 2.46 bits per heavy atom. The van der Waals surface area contributed by atoms with Gasteiger partial charge in [0.25, 0.3) is 0 Å². The zero-order valence-electron chi connectivity index (χ0n) is 14.7. The maximum Gasteiger partial charge on any atom is 0.416 e. The third-order valence-corrected chi connectivity index (χ3v) is 4.70. The molecule has 3 rings (SSSR count). The highest BCUT2D eigenvalue weighted by Gasteiger charge is 2.32. The molecule has 26 heavy (non-hydrogen) atoms. The fourth-order valence-electron chi connectivity index (χ4n) is 3.41. The van der Waals surface area contributed by atoms with Crippen molar-refractivity contribution in [3.05, 3.63) is 65.2 Å². The molecular formula is C20H23F3N2O. The molecule has 0 bridgehead atoms. The maximum atomic E-state index is 13.2. The molecule has 1 saturated heterocycles. The summed E-state index contributed by atoms with van der Waals surface area (Å²) in [5.41, 5.74) is 1.01. The second kappa shape index (κ2) is 8.10. The summed E-state index contributed by atoms with van der Waals surface area (Å²) in [6.07, 6.45) is -3.38. The summed E-state index contributed by atoms with van der Waals surface area (Å²) >= 11 is 0. The van der Waals surface area contributed by atoms with Gasteiger partial charge >= 0.3 is 6.18 Å². The Labute approximate surface area is 151 Å². The summed E-state index contributed by atoms with van der Waals surface area (Å²) in [5.74, 6) is 0.731. The highest BCUT2D eigenvalue weighted by molar-refractivity contribution is 5.38. The van der Waals surface area contributed by atoms with Crippen LogP contribution < -0.4 is 10.1 Å². The van der Waals surface area contributed by atoms with Crippen molar-refractivity contribution in [2.45, 2.75) is 18.6 Å². The van der Waals surface area contributed by atoms with Crippen molar-refractivity contribution in [1.82, 2.24) is 10.2 Å². The molecule has 1 heterocycles. The van der Waals surface area contributed by atoms with Crippen molar-refractivity contribution >= 4 is 0 Å². The molecule has 1 aliphatic heterocycles. The van der Waals surface area contributed by atoms with E-state index in [1.54, 1.807) is 13.2 Å². The molecule has 0 spiro atoms.